The average molecular weight is 445 g/mol. The SMILES string of the molecule is O=C(NCc1ccccc1C(F)(F)F)c1cc2n(n1)C[C@H](c1ccc3c(c1)OCO3)OC2. The Labute approximate surface area is 180 Å². The summed E-state index contributed by atoms with van der Waals surface area (Å²) in [5.74, 6) is 0.774. The van der Waals surface area contributed by atoms with Crippen molar-refractivity contribution in [1.82, 2.24) is 15.1 Å². The molecule has 2 aliphatic heterocycles. The van der Waals surface area contributed by atoms with E-state index in [4.69, 9.17) is 14.2 Å². The van der Waals surface area contributed by atoms with E-state index >= 15 is 0 Å². The third-order valence-electron chi connectivity index (χ3n) is 5.40. The molecule has 1 aromatic heterocycles. The van der Waals surface area contributed by atoms with Crippen LogP contribution >= 0.6 is 0 Å². The smallest absolute Gasteiger partial charge is 0.416 e. The highest BCUT2D eigenvalue weighted by atomic mass is 19.4. The molecule has 1 amide bonds. The number of alkyl halides is 3. The van der Waals surface area contributed by atoms with Gasteiger partial charge in [0, 0.05) is 6.54 Å². The van der Waals surface area contributed by atoms with E-state index in [0.717, 1.165) is 11.6 Å². The Kier molecular flexibility index (Phi) is 5.01. The summed E-state index contributed by atoms with van der Waals surface area (Å²) < 4.78 is 57.7. The van der Waals surface area contributed by atoms with Crippen molar-refractivity contribution in [3.05, 3.63) is 76.6 Å². The number of fused-ring (bicyclic) bond motifs is 2. The highest BCUT2D eigenvalue weighted by Crippen LogP contribution is 2.36. The fourth-order valence-corrected chi connectivity index (χ4v) is 3.77. The Morgan fingerprint density at radius 2 is 1.94 bits per heavy atom. The van der Waals surface area contributed by atoms with Crippen LogP contribution < -0.4 is 14.8 Å². The minimum Gasteiger partial charge on any atom is -0.454 e. The first kappa shape index (κ1) is 20.4. The highest BCUT2D eigenvalue weighted by Gasteiger charge is 2.33. The van der Waals surface area contributed by atoms with E-state index in [-0.39, 0.29) is 37.3 Å². The summed E-state index contributed by atoms with van der Waals surface area (Å²) in [6.07, 6.45) is -4.78. The van der Waals surface area contributed by atoms with Gasteiger partial charge in [-0.15, -0.1) is 0 Å². The van der Waals surface area contributed by atoms with Crippen molar-refractivity contribution in [2.75, 3.05) is 6.79 Å². The molecule has 2 aliphatic rings. The van der Waals surface area contributed by atoms with Crippen LogP contribution in [0.1, 0.15) is 39.0 Å². The lowest BCUT2D eigenvalue weighted by molar-refractivity contribution is -0.138. The van der Waals surface area contributed by atoms with Crippen LogP contribution in [0.2, 0.25) is 0 Å². The van der Waals surface area contributed by atoms with Crippen LogP contribution in [0, 0.1) is 0 Å². The first-order chi connectivity index (χ1) is 15.4. The van der Waals surface area contributed by atoms with E-state index in [1.807, 2.05) is 18.2 Å². The summed E-state index contributed by atoms with van der Waals surface area (Å²) in [5, 5.41) is 6.85. The summed E-state index contributed by atoms with van der Waals surface area (Å²) >= 11 is 0. The minimum atomic E-state index is -4.49. The van der Waals surface area contributed by atoms with Gasteiger partial charge in [-0.3, -0.25) is 9.48 Å². The second-order valence-corrected chi connectivity index (χ2v) is 7.45. The maximum absolute atomic E-state index is 13.1. The number of halogens is 3. The van der Waals surface area contributed by atoms with Crippen LogP contribution in [-0.2, 0) is 30.6 Å². The third-order valence-corrected chi connectivity index (χ3v) is 5.40. The Bertz CT molecular complexity index is 1180. The molecule has 3 heterocycles. The van der Waals surface area contributed by atoms with Gasteiger partial charge < -0.3 is 19.5 Å². The molecular formula is C22H18F3N3O4. The molecule has 0 saturated heterocycles. The molecule has 32 heavy (non-hydrogen) atoms. The van der Waals surface area contributed by atoms with E-state index in [1.165, 1.54) is 18.2 Å². The van der Waals surface area contributed by atoms with Gasteiger partial charge in [0.15, 0.2) is 17.2 Å². The molecule has 3 aromatic rings. The molecule has 1 N–H and O–H groups in total. The number of benzene rings is 2. The van der Waals surface area contributed by atoms with Gasteiger partial charge in [0.1, 0.15) is 6.10 Å². The second-order valence-electron chi connectivity index (χ2n) is 7.45. The van der Waals surface area contributed by atoms with Crippen molar-refractivity contribution in [3.8, 4) is 11.5 Å². The number of carbonyl (C=O) groups is 1. The van der Waals surface area contributed by atoms with Crippen molar-refractivity contribution in [3.63, 3.8) is 0 Å². The highest BCUT2D eigenvalue weighted by molar-refractivity contribution is 5.92. The fraction of sp³-hybridized carbons (Fsp3) is 0.273. The molecule has 166 valence electrons. The average Bonchev–Trinajstić information content (AvgIpc) is 3.42. The molecule has 5 rings (SSSR count). The van der Waals surface area contributed by atoms with E-state index in [1.54, 1.807) is 10.7 Å². The Balaban J connectivity index is 1.27. The Morgan fingerprint density at radius 3 is 2.78 bits per heavy atom. The molecule has 0 aliphatic carbocycles. The normalized spacial score (nSPS) is 17.2. The number of carbonyl (C=O) groups excluding carboxylic acids is 1. The van der Waals surface area contributed by atoms with E-state index < -0.39 is 17.6 Å². The number of nitrogens with one attached hydrogen (secondary N) is 1. The monoisotopic (exact) mass is 445 g/mol. The van der Waals surface area contributed by atoms with Gasteiger partial charge in [-0.1, -0.05) is 24.3 Å². The zero-order valence-corrected chi connectivity index (χ0v) is 16.7. The molecule has 0 spiro atoms. The number of nitrogens with zero attached hydrogens (tertiary/aromatic N) is 2. The van der Waals surface area contributed by atoms with Crippen LogP contribution in [0.4, 0.5) is 13.2 Å². The Hall–Kier alpha value is -3.53. The maximum atomic E-state index is 13.1. The van der Waals surface area contributed by atoms with Crippen LogP contribution in [0.5, 0.6) is 11.5 Å². The molecule has 0 saturated carbocycles. The quantitative estimate of drug-likeness (QED) is 0.661. The number of amides is 1. The number of hydrogen-bond acceptors (Lipinski definition) is 5. The molecule has 7 nitrogen and oxygen atoms in total. The fourth-order valence-electron chi connectivity index (χ4n) is 3.77. The zero-order valence-electron chi connectivity index (χ0n) is 16.7. The lowest BCUT2D eigenvalue weighted by Gasteiger charge is -2.24. The summed E-state index contributed by atoms with van der Waals surface area (Å²) in [5.41, 5.74) is 0.945. The number of ether oxygens (including phenoxy) is 3. The topological polar surface area (TPSA) is 74.6 Å². The lowest BCUT2D eigenvalue weighted by atomic mass is 10.1. The van der Waals surface area contributed by atoms with Crippen LogP contribution in [-0.4, -0.2) is 22.5 Å². The summed E-state index contributed by atoms with van der Waals surface area (Å²) in [6.45, 7) is 0.558. The van der Waals surface area contributed by atoms with Gasteiger partial charge in [-0.25, -0.2) is 0 Å². The molecule has 2 aromatic carbocycles. The molecule has 10 heteroatoms. The predicted molar refractivity (Wildman–Crippen MR) is 105 cm³/mol. The third kappa shape index (κ3) is 3.89. The molecule has 0 fully saturated rings. The summed E-state index contributed by atoms with van der Waals surface area (Å²) in [7, 11) is 0. The van der Waals surface area contributed by atoms with Crippen molar-refractivity contribution in [2.45, 2.75) is 32.0 Å². The number of hydrogen-bond donors (Lipinski definition) is 1. The largest absolute Gasteiger partial charge is 0.454 e. The maximum Gasteiger partial charge on any atom is 0.416 e. The van der Waals surface area contributed by atoms with E-state index in [2.05, 4.69) is 10.4 Å². The molecule has 0 unspecified atom stereocenters. The molecule has 1 atom stereocenters. The molecule has 0 radical (unpaired) electrons. The Morgan fingerprint density at radius 1 is 1.12 bits per heavy atom. The first-order valence-electron chi connectivity index (χ1n) is 9.89. The van der Waals surface area contributed by atoms with Crippen LogP contribution in [0.15, 0.2) is 48.5 Å². The zero-order chi connectivity index (χ0) is 22.3. The number of rotatable bonds is 4. The van der Waals surface area contributed by atoms with Gasteiger partial charge >= 0.3 is 6.18 Å². The van der Waals surface area contributed by atoms with Crippen molar-refractivity contribution in [1.29, 1.82) is 0 Å². The summed E-state index contributed by atoms with van der Waals surface area (Å²) in [6, 6.07) is 12.3. The van der Waals surface area contributed by atoms with Crippen molar-refractivity contribution >= 4 is 5.91 Å². The van der Waals surface area contributed by atoms with Gasteiger partial charge in [0.25, 0.3) is 5.91 Å². The van der Waals surface area contributed by atoms with Gasteiger partial charge in [-0.2, -0.15) is 18.3 Å². The second kappa shape index (κ2) is 7.86. The van der Waals surface area contributed by atoms with E-state index in [9.17, 15) is 18.0 Å². The lowest BCUT2D eigenvalue weighted by Crippen LogP contribution is -2.25. The standard InChI is InChI=1S/C22H18F3N3O4/c23-22(24,25)16-4-2-1-3-14(16)9-26-21(29)17-8-15-11-30-20(10-28(15)27-17)13-5-6-18-19(7-13)32-12-31-18/h1-8,20H,9-12H2,(H,26,29)/t20-/m1/s1. The van der Waals surface area contributed by atoms with Crippen LogP contribution in [0.25, 0.3) is 0 Å². The van der Waals surface area contributed by atoms with Crippen molar-refractivity contribution in [2.24, 2.45) is 0 Å². The molecule has 0 bridgehead atoms. The van der Waals surface area contributed by atoms with E-state index in [0.29, 0.717) is 23.7 Å². The van der Waals surface area contributed by atoms with Crippen LogP contribution in [0.3, 0.4) is 0 Å². The van der Waals surface area contributed by atoms with Gasteiger partial charge in [-0.05, 0) is 35.4 Å². The molecular weight excluding hydrogens is 427 g/mol. The predicted octanol–water partition coefficient (Wildman–Crippen LogP) is 3.83. The van der Waals surface area contributed by atoms with Crippen molar-refractivity contribution < 1.29 is 32.2 Å². The minimum absolute atomic E-state index is 0.0106. The summed E-state index contributed by atoms with van der Waals surface area (Å²) in [4.78, 5) is 12.5. The van der Waals surface area contributed by atoms with Gasteiger partial charge in [0.05, 0.1) is 24.4 Å². The number of aromatic nitrogens is 2. The van der Waals surface area contributed by atoms with Gasteiger partial charge in [0.2, 0.25) is 6.79 Å². The first-order valence-corrected chi connectivity index (χ1v) is 9.89.